The number of hydrogen-bond acceptors (Lipinski definition) is 6. The lowest BCUT2D eigenvalue weighted by atomic mass is 9.75. The van der Waals surface area contributed by atoms with E-state index in [2.05, 4.69) is 10.3 Å². The molecule has 2 aliphatic rings. The normalized spacial score (nSPS) is 29.1. The van der Waals surface area contributed by atoms with Gasteiger partial charge >= 0.3 is 12.1 Å². The molecule has 1 N–H and O–H groups in total. The van der Waals surface area contributed by atoms with E-state index in [0.717, 1.165) is 5.69 Å². The van der Waals surface area contributed by atoms with Gasteiger partial charge in [0.15, 0.2) is 0 Å². The molecule has 2 fully saturated rings. The van der Waals surface area contributed by atoms with Crippen LogP contribution in [0.2, 0.25) is 0 Å². The summed E-state index contributed by atoms with van der Waals surface area (Å²) in [7, 11) is 1.68. The number of pyridine rings is 1. The van der Waals surface area contributed by atoms with E-state index in [0.29, 0.717) is 19.4 Å². The highest BCUT2D eigenvalue weighted by molar-refractivity contribution is 5.82. The van der Waals surface area contributed by atoms with E-state index < -0.39 is 23.3 Å². The fourth-order valence-corrected chi connectivity index (χ4v) is 3.69. The molecule has 3 heterocycles. The first-order chi connectivity index (χ1) is 11.7. The van der Waals surface area contributed by atoms with Gasteiger partial charge in [-0.2, -0.15) is 0 Å². The van der Waals surface area contributed by atoms with E-state index >= 15 is 0 Å². The van der Waals surface area contributed by atoms with Crippen LogP contribution in [-0.2, 0) is 20.7 Å². The molecule has 3 unspecified atom stereocenters. The first-order valence-corrected chi connectivity index (χ1v) is 8.54. The number of nitrogens with one attached hydrogen (secondary N) is 1. The van der Waals surface area contributed by atoms with Crippen molar-refractivity contribution in [2.24, 2.45) is 0 Å². The molecule has 3 atom stereocenters. The van der Waals surface area contributed by atoms with Crippen molar-refractivity contribution in [1.82, 2.24) is 15.2 Å². The van der Waals surface area contributed by atoms with Crippen LogP contribution in [0.25, 0.3) is 0 Å². The molecule has 1 amide bonds. The molecule has 25 heavy (non-hydrogen) atoms. The molecule has 7 heteroatoms. The number of carbonyl (C=O) groups excluding carboxylic acids is 2. The number of likely N-dealkylation sites (N-methyl/N-ethyl adjacent to an activating group) is 1. The van der Waals surface area contributed by atoms with Gasteiger partial charge in [0.05, 0.1) is 0 Å². The van der Waals surface area contributed by atoms with Gasteiger partial charge < -0.3 is 14.8 Å². The van der Waals surface area contributed by atoms with Gasteiger partial charge in [-0.1, -0.05) is 6.07 Å². The van der Waals surface area contributed by atoms with Gasteiger partial charge in [-0.25, -0.2) is 4.79 Å². The summed E-state index contributed by atoms with van der Waals surface area (Å²) in [6, 6.07) is 4.94. The Kier molecular flexibility index (Phi) is 4.45. The molecule has 0 radical (unpaired) electrons. The van der Waals surface area contributed by atoms with Gasteiger partial charge in [-0.15, -0.1) is 0 Å². The van der Waals surface area contributed by atoms with Gasteiger partial charge in [-0.05, 0) is 45.9 Å². The minimum atomic E-state index is -0.855. The molecule has 7 nitrogen and oxygen atoms in total. The number of fused-ring (bicyclic) bond motifs is 1. The molecule has 1 aromatic heterocycles. The highest BCUT2D eigenvalue weighted by atomic mass is 16.6. The Balaban J connectivity index is 2.00. The number of nitrogens with zero attached hydrogens (tertiary/aromatic N) is 2. The van der Waals surface area contributed by atoms with Crippen molar-refractivity contribution < 1.29 is 19.1 Å². The van der Waals surface area contributed by atoms with Crippen molar-refractivity contribution in [2.75, 3.05) is 13.6 Å². The zero-order valence-electron chi connectivity index (χ0n) is 15.1. The Bertz CT molecular complexity index is 658. The van der Waals surface area contributed by atoms with Crippen molar-refractivity contribution in [3.05, 3.63) is 30.1 Å². The van der Waals surface area contributed by atoms with Gasteiger partial charge in [0.2, 0.25) is 0 Å². The molecule has 0 aromatic carbocycles. The summed E-state index contributed by atoms with van der Waals surface area (Å²) in [4.78, 5) is 31.1. The monoisotopic (exact) mass is 347 g/mol. The summed E-state index contributed by atoms with van der Waals surface area (Å²) in [5, 5.41) is 3.25. The second-order valence-corrected chi connectivity index (χ2v) is 7.63. The fraction of sp³-hybridized carbons (Fsp3) is 0.611. The summed E-state index contributed by atoms with van der Waals surface area (Å²) >= 11 is 0. The standard InChI is InChI=1S/C18H25N3O4/c1-17(2,3)25-15(22)14-18(11-12-7-5-6-9-19-12)13(8-10-20-14)24-16(23)21(18)4/h5-7,9,13-14,20H,8,10-11H2,1-4H3. The number of esters is 1. The van der Waals surface area contributed by atoms with E-state index in [1.807, 2.05) is 39.0 Å². The van der Waals surface area contributed by atoms with Crippen LogP contribution in [0, 0.1) is 0 Å². The van der Waals surface area contributed by atoms with Crippen LogP contribution in [0.5, 0.6) is 0 Å². The lowest BCUT2D eigenvalue weighted by Crippen LogP contribution is -2.70. The zero-order chi connectivity index (χ0) is 18.2. The van der Waals surface area contributed by atoms with E-state index in [9.17, 15) is 9.59 Å². The molecule has 136 valence electrons. The Morgan fingerprint density at radius 3 is 2.88 bits per heavy atom. The van der Waals surface area contributed by atoms with Crippen molar-refractivity contribution >= 4 is 12.1 Å². The Morgan fingerprint density at radius 1 is 1.48 bits per heavy atom. The lowest BCUT2D eigenvalue weighted by Gasteiger charge is -2.46. The summed E-state index contributed by atoms with van der Waals surface area (Å²) in [6.07, 6.45) is 1.96. The SMILES string of the molecule is CN1C(=O)OC2CCNC(C(=O)OC(C)(C)C)C21Cc1ccccn1. The van der Waals surface area contributed by atoms with Crippen LogP contribution in [-0.4, -0.2) is 58.8 Å². The minimum Gasteiger partial charge on any atom is -0.459 e. The number of ether oxygens (including phenoxy) is 2. The van der Waals surface area contributed by atoms with Crippen LogP contribution >= 0.6 is 0 Å². The molecule has 3 rings (SSSR count). The van der Waals surface area contributed by atoms with Crippen molar-refractivity contribution in [3.63, 3.8) is 0 Å². The van der Waals surface area contributed by atoms with Crippen molar-refractivity contribution in [2.45, 2.75) is 56.9 Å². The maximum Gasteiger partial charge on any atom is 0.410 e. The number of amides is 1. The molecule has 0 saturated carbocycles. The van der Waals surface area contributed by atoms with Crippen LogP contribution in [0.3, 0.4) is 0 Å². The largest absolute Gasteiger partial charge is 0.459 e. The van der Waals surface area contributed by atoms with Crippen LogP contribution in [0.15, 0.2) is 24.4 Å². The molecule has 0 spiro atoms. The second kappa shape index (κ2) is 6.29. The van der Waals surface area contributed by atoms with Gasteiger partial charge in [0.1, 0.15) is 23.3 Å². The molecular weight excluding hydrogens is 322 g/mol. The van der Waals surface area contributed by atoms with Gasteiger partial charge in [0.25, 0.3) is 0 Å². The minimum absolute atomic E-state index is 0.377. The van der Waals surface area contributed by atoms with Crippen molar-refractivity contribution in [1.29, 1.82) is 0 Å². The maximum absolute atomic E-state index is 12.9. The molecule has 0 bridgehead atoms. The van der Waals surface area contributed by atoms with Crippen molar-refractivity contribution in [3.8, 4) is 0 Å². The highest BCUT2D eigenvalue weighted by Gasteiger charge is 2.62. The maximum atomic E-state index is 12.9. The number of hydrogen-bond donors (Lipinski definition) is 1. The van der Waals surface area contributed by atoms with E-state index in [-0.39, 0.29) is 12.1 Å². The average molecular weight is 347 g/mol. The number of aromatic nitrogens is 1. The molecule has 0 aliphatic carbocycles. The highest BCUT2D eigenvalue weighted by Crippen LogP contribution is 2.40. The average Bonchev–Trinajstić information content (AvgIpc) is 2.78. The fourth-order valence-electron chi connectivity index (χ4n) is 3.69. The molecule has 2 aliphatic heterocycles. The van der Waals surface area contributed by atoms with Gasteiger partial charge in [0, 0.05) is 25.4 Å². The number of carbonyl (C=O) groups is 2. The third-order valence-corrected chi connectivity index (χ3v) is 4.79. The Morgan fingerprint density at radius 2 is 2.24 bits per heavy atom. The number of piperidine rings is 1. The van der Waals surface area contributed by atoms with Gasteiger partial charge in [-0.3, -0.25) is 14.7 Å². The quantitative estimate of drug-likeness (QED) is 0.835. The predicted molar refractivity (Wildman–Crippen MR) is 91.0 cm³/mol. The first-order valence-electron chi connectivity index (χ1n) is 8.54. The summed E-state index contributed by atoms with van der Waals surface area (Å²) in [5.41, 5.74) is -0.665. The third-order valence-electron chi connectivity index (χ3n) is 4.79. The van der Waals surface area contributed by atoms with E-state index in [1.165, 1.54) is 4.90 Å². The third kappa shape index (κ3) is 3.20. The topological polar surface area (TPSA) is 80.8 Å². The molecule has 2 saturated heterocycles. The van der Waals surface area contributed by atoms with Crippen LogP contribution in [0.4, 0.5) is 4.79 Å². The summed E-state index contributed by atoms with van der Waals surface area (Å²) in [6.45, 7) is 6.07. The second-order valence-electron chi connectivity index (χ2n) is 7.63. The molecular formula is C18H25N3O4. The van der Waals surface area contributed by atoms with E-state index in [1.54, 1.807) is 13.2 Å². The smallest absolute Gasteiger partial charge is 0.410 e. The zero-order valence-corrected chi connectivity index (χ0v) is 15.1. The summed E-state index contributed by atoms with van der Waals surface area (Å²) in [5.74, 6) is -0.377. The number of rotatable bonds is 3. The van der Waals surface area contributed by atoms with E-state index in [4.69, 9.17) is 9.47 Å². The lowest BCUT2D eigenvalue weighted by molar-refractivity contribution is -0.163. The Hall–Kier alpha value is -2.15. The molecule has 1 aromatic rings. The summed E-state index contributed by atoms with van der Waals surface area (Å²) < 4.78 is 11.2. The van der Waals surface area contributed by atoms with Crippen LogP contribution in [0.1, 0.15) is 32.9 Å². The Labute approximate surface area is 147 Å². The predicted octanol–water partition coefficient (Wildman–Crippen LogP) is 1.52. The first kappa shape index (κ1) is 17.7. The van der Waals surface area contributed by atoms with Crippen LogP contribution < -0.4 is 5.32 Å².